The summed E-state index contributed by atoms with van der Waals surface area (Å²) in [4.78, 5) is 29.8. The Morgan fingerprint density at radius 2 is 1.42 bits per heavy atom. The molecule has 258 valence electrons. The maximum absolute atomic E-state index is 12.3. The van der Waals surface area contributed by atoms with E-state index in [1.165, 1.54) is 7.05 Å². The number of aromatic nitrogens is 5. The first-order valence-electron chi connectivity index (χ1n) is 17.3. The summed E-state index contributed by atoms with van der Waals surface area (Å²) in [5.74, 6) is -2.00. The summed E-state index contributed by atoms with van der Waals surface area (Å²) >= 11 is 0. The molecule has 1 aliphatic rings. The number of amides is 1. The second-order valence-electron chi connectivity index (χ2n) is 12.9. The number of carbonyl (C=O) groups is 2. The lowest BCUT2D eigenvalue weighted by molar-refractivity contribution is -0.148. The highest BCUT2D eigenvalue weighted by Crippen LogP contribution is 2.41. The number of rotatable bonds is 8. The number of carbonyl (C=O) groups excluding carboxylic acids is 1. The van der Waals surface area contributed by atoms with E-state index in [1.54, 1.807) is 24.5 Å². The fourth-order valence-electron chi connectivity index (χ4n) is 7.24. The van der Waals surface area contributed by atoms with E-state index in [0.29, 0.717) is 23.8 Å². The number of aliphatic carboxylic acids is 1. The summed E-state index contributed by atoms with van der Waals surface area (Å²) in [6.07, 6.45) is 4.44. The Morgan fingerprint density at radius 3 is 2.02 bits per heavy atom. The van der Waals surface area contributed by atoms with Crippen LogP contribution in [0.1, 0.15) is 42.2 Å². The molecule has 0 spiro atoms. The molecule has 1 fully saturated rings. The summed E-state index contributed by atoms with van der Waals surface area (Å²) in [5.41, 5.74) is 5.85. The molecule has 3 heterocycles. The van der Waals surface area contributed by atoms with Gasteiger partial charge in [-0.05, 0) is 66.3 Å². The Labute approximate surface area is 300 Å². The van der Waals surface area contributed by atoms with Crippen LogP contribution in [0, 0.1) is 0 Å². The number of hydrogen-bond acceptors (Lipinski definition) is 6. The van der Waals surface area contributed by atoms with Crippen LogP contribution in [-0.2, 0) is 19.9 Å². The molecule has 0 saturated carbocycles. The number of carboxylic acids is 1. The second kappa shape index (κ2) is 13.7. The Balaban J connectivity index is 1.29. The van der Waals surface area contributed by atoms with Crippen molar-refractivity contribution in [3.05, 3.63) is 156 Å². The van der Waals surface area contributed by atoms with E-state index in [9.17, 15) is 14.7 Å². The van der Waals surface area contributed by atoms with Gasteiger partial charge >= 0.3 is 11.9 Å². The third-order valence-electron chi connectivity index (χ3n) is 9.80. The van der Waals surface area contributed by atoms with E-state index in [0.717, 1.165) is 62.9 Å². The van der Waals surface area contributed by atoms with E-state index in [4.69, 9.17) is 19.9 Å². The van der Waals surface area contributed by atoms with Gasteiger partial charge in [0.1, 0.15) is 17.6 Å². The molecule has 1 aliphatic heterocycles. The van der Waals surface area contributed by atoms with Gasteiger partial charge in [-0.25, -0.2) is 19.1 Å². The van der Waals surface area contributed by atoms with Crippen molar-refractivity contribution in [2.75, 3.05) is 18.6 Å². The molecule has 2 aromatic heterocycles. The summed E-state index contributed by atoms with van der Waals surface area (Å²) in [6.45, 7) is 0.657. The van der Waals surface area contributed by atoms with E-state index >= 15 is 0 Å². The topological polar surface area (TPSA) is 115 Å². The first-order valence-corrected chi connectivity index (χ1v) is 17.3. The molecule has 1 atom stereocenters. The van der Waals surface area contributed by atoms with Gasteiger partial charge in [-0.1, -0.05) is 103 Å². The molecule has 1 N–H and O–H groups in total. The van der Waals surface area contributed by atoms with Gasteiger partial charge in [0.15, 0.2) is 12.1 Å². The fourth-order valence-corrected chi connectivity index (χ4v) is 7.24. The number of fused-ring (bicyclic) bond motifs is 1. The highest BCUT2D eigenvalue weighted by molar-refractivity contribution is 6.37. The van der Waals surface area contributed by atoms with Crippen molar-refractivity contribution in [3.63, 3.8) is 0 Å². The van der Waals surface area contributed by atoms with E-state index in [-0.39, 0.29) is 6.23 Å². The number of anilines is 1. The van der Waals surface area contributed by atoms with Gasteiger partial charge in [0.05, 0.1) is 5.52 Å². The third kappa shape index (κ3) is 5.72. The zero-order chi connectivity index (χ0) is 35.7. The Hall–Kier alpha value is -6.39. The molecule has 0 radical (unpaired) electrons. The predicted octanol–water partition coefficient (Wildman–Crippen LogP) is 7.55. The average molecular weight is 689 g/mol. The molecule has 0 bridgehead atoms. The van der Waals surface area contributed by atoms with Crippen molar-refractivity contribution in [1.82, 2.24) is 24.5 Å². The van der Waals surface area contributed by atoms with Crippen LogP contribution in [0.4, 0.5) is 5.69 Å². The van der Waals surface area contributed by atoms with E-state index in [2.05, 4.69) is 36.4 Å². The van der Waals surface area contributed by atoms with E-state index in [1.807, 2.05) is 88.2 Å². The zero-order valence-corrected chi connectivity index (χ0v) is 28.5. The van der Waals surface area contributed by atoms with Crippen molar-refractivity contribution < 1.29 is 19.4 Å². The van der Waals surface area contributed by atoms with Crippen molar-refractivity contribution in [2.24, 2.45) is 0 Å². The molecule has 52 heavy (non-hydrogen) atoms. The lowest BCUT2D eigenvalue weighted by Gasteiger charge is -2.35. The van der Waals surface area contributed by atoms with Gasteiger partial charge in [0.2, 0.25) is 0 Å². The van der Waals surface area contributed by atoms with Gasteiger partial charge in [-0.15, -0.1) is 5.10 Å². The fraction of sp³-hybridized carbons (Fsp3) is 0.167. The molecular weight excluding hydrogens is 652 g/mol. The summed E-state index contributed by atoms with van der Waals surface area (Å²) in [6, 6.07) is 44.3. The predicted molar refractivity (Wildman–Crippen MR) is 199 cm³/mol. The van der Waals surface area contributed by atoms with Crippen LogP contribution in [0.5, 0.6) is 0 Å². The first-order chi connectivity index (χ1) is 25.4. The van der Waals surface area contributed by atoms with Crippen LogP contribution in [0.2, 0.25) is 0 Å². The molecule has 10 nitrogen and oxygen atoms in total. The van der Waals surface area contributed by atoms with E-state index < -0.39 is 17.4 Å². The van der Waals surface area contributed by atoms with Crippen molar-refractivity contribution in [1.29, 1.82) is 0 Å². The minimum atomic E-state index is -1.52. The van der Waals surface area contributed by atoms with Crippen LogP contribution in [0.25, 0.3) is 33.5 Å². The molecule has 8 rings (SSSR count). The number of ether oxygens (including phenoxy) is 1. The van der Waals surface area contributed by atoms with Gasteiger partial charge in [0.25, 0.3) is 0 Å². The van der Waals surface area contributed by atoms with Crippen LogP contribution in [-0.4, -0.2) is 55.2 Å². The highest BCUT2D eigenvalue weighted by atomic mass is 16.5. The maximum Gasteiger partial charge on any atom is 0.394 e. The SMILES string of the molecule is CN(C(=O)C(=O)O)c1cccc(-c2nn(C3CCCCO3)c3ccc(-c4ncn(C(c5ccccc5)(c5ccccc5)c5ccccc5)n4)cc23)c1. The second-order valence-corrected chi connectivity index (χ2v) is 12.9. The van der Waals surface area contributed by atoms with Crippen LogP contribution < -0.4 is 4.90 Å². The van der Waals surface area contributed by atoms with Crippen molar-refractivity contribution in [3.8, 4) is 22.6 Å². The minimum absolute atomic E-state index is 0.226. The highest BCUT2D eigenvalue weighted by Gasteiger charge is 2.39. The molecule has 1 saturated heterocycles. The number of likely N-dealkylation sites (N-methyl/N-ethyl adjacent to an activating group) is 1. The maximum atomic E-state index is 12.3. The molecule has 7 aromatic rings. The summed E-state index contributed by atoms with van der Waals surface area (Å²) in [5, 5.41) is 20.5. The molecule has 1 unspecified atom stereocenters. The third-order valence-corrected chi connectivity index (χ3v) is 9.80. The van der Waals surface area contributed by atoms with Crippen molar-refractivity contribution >= 4 is 28.5 Å². The molecule has 1 amide bonds. The number of carboxylic acid groups (broad SMARTS) is 1. The monoisotopic (exact) mass is 688 g/mol. The molecule has 5 aromatic carbocycles. The van der Waals surface area contributed by atoms with Gasteiger partial charge in [-0.2, -0.15) is 5.10 Å². The van der Waals surface area contributed by atoms with Gasteiger partial charge in [-0.3, -0.25) is 4.79 Å². The average Bonchev–Trinajstić information content (AvgIpc) is 3.85. The zero-order valence-electron chi connectivity index (χ0n) is 28.5. The molecule has 0 aliphatic carbocycles. The van der Waals surface area contributed by atoms with Crippen LogP contribution in [0.15, 0.2) is 140 Å². The summed E-state index contributed by atoms with van der Waals surface area (Å²) in [7, 11) is 1.45. The van der Waals surface area contributed by atoms with Gasteiger partial charge in [0, 0.05) is 35.9 Å². The molecule has 10 heteroatoms. The van der Waals surface area contributed by atoms with Crippen molar-refractivity contribution in [2.45, 2.75) is 31.0 Å². The van der Waals surface area contributed by atoms with Crippen LogP contribution >= 0.6 is 0 Å². The lowest BCUT2D eigenvalue weighted by Crippen LogP contribution is -2.38. The Kier molecular flexibility index (Phi) is 8.66. The van der Waals surface area contributed by atoms with Crippen LogP contribution in [0.3, 0.4) is 0 Å². The summed E-state index contributed by atoms with van der Waals surface area (Å²) < 4.78 is 10.1. The number of benzene rings is 5. The normalized spacial score (nSPS) is 14.7. The lowest BCUT2D eigenvalue weighted by atomic mass is 9.77. The smallest absolute Gasteiger partial charge is 0.394 e. The largest absolute Gasteiger partial charge is 0.474 e. The Morgan fingerprint density at radius 1 is 0.769 bits per heavy atom. The number of nitrogens with zero attached hydrogens (tertiary/aromatic N) is 6. The standard InChI is InChI=1S/C42H36N6O4/c1-46(40(49)41(50)51)34-21-13-14-29(26-34)38-35-27-30(23-24-36(35)48(44-38)37-22-11-12-25-52-37)39-43-28-47(45-39)42(31-15-5-2-6-16-31,32-17-7-3-8-18-32)33-19-9-4-10-20-33/h2-10,13-21,23-24,26-28,37H,11-12,22,25H2,1H3,(H,50,51). The quantitative estimate of drug-likeness (QED) is 0.130. The Bertz CT molecular complexity index is 2270. The first kappa shape index (κ1) is 32.8. The number of hydrogen-bond donors (Lipinski definition) is 1. The minimum Gasteiger partial charge on any atom is -0.474 e. The molecular formula is C42H36N6O4. The van der Waals surface area contributed by atoms with Gasteiger partial charge < -0.3 is 14.7 Å².